The lowest BCUT2D eigenvalue weighted by Crippen LogP contribution is -2.50. The largest absolute Gasteiger partial charge is 0.348 e. The van der Waals surface area contributed by atoms with E-state index in [0.717, 1.165) is 50.0 Å². The molecule has 0 radical (unpaired) electrons. The zero-order chi connectivity index (χ0) is 17.1. The molecule has 2 aliphatic heterocycles. The summed E-state index contributed by atoms with van der Waals surface area (Å²) in [7, 11) is 0. The Morgan fingerprint density at radius 2 is 2.08 bits per heavy atom. The molecule has 0 bridgehead atoms. The summed E-state index contributed by atoms with van der Waals surface area (Å²) in [5.74, 6) is 0.576. The van der Waals surface area contributed by atoms with Crippen LogP contribution in [0.1, 0.15) is 56.1 Å². The Morgan fingerprint density at radius 1 is 1.33 bits per heavy atom. The summed E-state index contributed by atoms with van der Waals surface area (Å²) in [5, 5.41) is 4.47. The molecule has 6 heteroatoms. The zero-order valence-corrected chi connectivity index (χ0v) is 15.0. The van der Waals surface area contributed by atoms with E-state index in [0.29, 0.717) is 19.1 Å². The number of amides is 1. The molecule has 3 rings (SSSR count). The Labute approximate surface area is 144 Å². The van der Waals surface area contributed by atoms with Crippen LogP contribution in [0.25, 0.3) is 0 Å². The maximum Gasteiger partial charge on any atom is 0.257 e. The molecule has 0 unspecified atom stereocenters. The van der Waals surface area contributed by atoms with E-state index in [2.05, 4.69) is 25.9 Å². The van der Waals surface area contributed by atoms with Crippen molar-refractivity contribution in [1.29, 1.82) is 0 Å². The molecule has 3 heterocycles. The molecule has 1 amide bonds. The van der Waals surface area contributed by atoms with E-state index < -0.39 is 0 Å². The molecule has 0 aliphatic carbocycles. The van der Waals surface area contributed by atoms with Gasteiger partial charge in [-0.15, -0.1) is 0 Å². The summed E-state index contributed by atoms with van der Waals surface area (Å²) in [5.41, 5.74) is 1.77. The minimum Gasteiger partial charge on any atom is -0.348 e. The highest BCUT2D eigenvalue weighted by Gasteiger charge is 2.37. The molecule has 6 nitrogen and oxygen atoms in total. The first-order chi connectivity index (χ1) is 11.6. The molecule has 2 fully saturated rings. The van der Waals surface area contributed by atoms with Gasteiger partial charge in [0.1, 0.15) is 0 Å². The van der Waals surface area contributed by atoms with Crippen molar-refractivity contribution in [2.24, 2.45) is 5.92 Å². The maximum atomic E-state index is 13.2. The van der Waals surface area contributed by atoms with Crippen LogP contribution in [0, 0.1) is 5.92 Å². The van der Waals surface area contributed by atoms with E-state index >= 15 is 0 Å². The summed E-state index contributed by atoms with van der Waals surface area (Å²) in [6, 6.07) is 0.0203. The molecule has 1 aromatic heterocycles. The molecule has 2 aliphatic rings. The van der Waals surface area contributed by atoms with Crippen LogP contribution >= 0.6 is 0 Å². The number of carbonyl (C=O) groups is 1. The van der Waals surface area contributed by atoms with Gasteiger partial charge >= 0.3 is 0 Å². The van der Waals surface area contributed by atoms with Crippen molar-refractivity contribution in [2.75, 3.05) is 19.8 Å². The summed E-state index contributed by atoms with van der Waals surface area (Å²) < 4.78 is 13.4. The predicted octanol–water partition coefficient (Wildman–Crippen LogP) is 2.47. The smallest absolute Gasteiger partial charge is 0.257 e. The fourth-order valence-corrected chi connectivity index (χ4v) is 3.71. The van der Waals surface area contributed by atoms with Gasteiger partial charge < -0.3 is 14.4 Å². The Hall–Kier alpha value is -1.40. The first-order valence-corrected chi connectivity index (χ1v) is 9.20. The average molecular weight is 335 g/mol. The highest BCUT2D eigenvalue weighted by molar-refractivity contribution is 5.95. The lowest BCUT2D eigenvalue weighted by molar-refractivity contribution is -0.100. The molecule has 0 aromatic carbocycles. The zero-order valence-electron chi connectivity index (χ0n) is 15.0. The van der Waals surface area contributed by atoms with E-state index in [1.807, 2.05) is 9.58 Å². The summed E-state index contributed by atoms with van der Waals surface area (Å²) in [6.07, 6.45) is 5.37. The van der Waals surface area contributed by atoms with Gasteiger partial charge in [-0.05, 0) is 31.6 Å². The second kappa shape index (κ2) is 7.66. The number of ether oxygens (including phenoxy) is 2. The molecule has 1 atom stereocenters. The predicted molar refractivity (Wildman–Crippen MR) is 90.8 cm³/mol. The Bertz CT molecular complexity index is 564. The van der Waals surface area contributed by atoms with Crippen molar-refractivity contribution in [2.45, 2.75) is 65.3 Å². The highest BCUT2D eigenvalue weighted by atomic mass is 16.7. The lowest BCUT2D eigenvalue weighted by Gasteiger charge is -2.38. The van der Waals surface area contributed by atoms with Crippen molar-refractivity contribution in [3.63, 3.8) is 0 Å². The number of likely N-dealkylation sites (tertiary alicyclic amines) is 1. The maximum absolute atomic E-state index is 13.2. The number of nitrogens with zero attached hydrogens (tertiary/aromatic N) is 3. The van der Waals surface area contributed by atoms with Gasteiger partial charge in [-0.25, -0.2) is 0 Å². The Morgan fingerprint density at radius 3 is 2.75 bits per heavy atom. The van der Waals surface area contributed by atoms with Crippen LogP contribution in [0.15, 0.2) is 6.20 Å². The second-order valence-electron chi connectivity index (χ2n) is 7.11. The van der Waals surface area contributed by atoms with Crippen molar-refractivity contribution in [1.82, 2.24) is 14.7 Å². The molecule has 0 saturated carbocycles. The van der Waals surface area contributed by atoms with Crippen LogP contribution in [0.2, 0.25) is 0 Å². The number of piperidine rings is 1. The van der Waals surface area contributed by atoms with Crippen LogP contribution in [0.3, 0.4) is 0 Å². The molecule has 0 spiro atoms. The topological polar surface area (TPSA) is 56.6 Å². The SMILES string of the molecule is CCc1c(C(=O)N2CCCC[C@H]2C2OCCO2)cnn1CC(C)C. The van der Waals surface area contributed by atoms with Gasteiger partial charge in [-0.3, -0.25) is 9.48 Å². The van der Waals surface area contributed by atoms with E-state index in [9.17, 15) is 4.79 Å². The van der Waals surface area contributed by atoms with Crippen molar-refractivity contribution in [3.8, 4) is 0 Å². The van der Waals surface area contributed by atoms with E-state index in [-0.39, 0.29) is 18.2 Å². The van der Waals surface area contributed by atoms with Crippen LogP contribution in [-0.4, -0.2) is 52.7 Å². The normalized spacial score (nSPS) is 22.5. The number of rotatable bonds is 5. The second-order valence-corrected chi connectivity index (χ2v) is 7.11. The Kier molecular flexibility index (Phi) is 5.56. The minimum absolute atomic E-state index is 0.0203. The molecule has 134 valence electrons. The van der Waals surface area contributed by atoms with Crippen LogP contribution in [0.5, 0.6) is 0 Å². The van der Waals surface area contributed by atoms with Gasteiger partial charge in [-0.1, -0.05) is 20.8 Å². The van der Waals surface area contributed by atoms with E-state index in [1.165, 1.54) is 0 Å². The molecule has 1 aromatic rings. The standard InChI is InChI=1S/C18H29N3O3/c1-4-15-14(11-19-21(15)12-13(2)3)17(22)20-8-6-5-7-16(20)18-23-9-10-24-18/h11,13,16,18H,4-10,12H2,1-3H3/t16-/m0/s1. The van der Waals surface area contributed by atoms with Crippen LogP contribution < -0.4 is 0 Å². The third kappa shape index (κ3) is 3.49. The Balaban J connectivity index is 1.82. The average Bonchev–Trinajstić information content (AvgIpc) is 3.23. The van der Waals surface area contributed by atoms with Crippen LogP contribution in [-0.2, 0) is 22.4 Å². The van der Waals surface area contributed by atoms with Gasteiger partial charge in [0.25, 0.3) is 5.91 Å². The molecule has 0 N–H and O–H groups in total. The molecule has 2 saturated heterocycles. The van der Waals surface area contributed by atoms with Gasteiger partial charge in [0.15, 0.2) is 6.29 Å². The highest BCUT2D eigenvalue weighted by Crippen LogP contribution is 2.27. The number of hydrogen-bond donors (Lipinski definition) is 0. The van der Waals surface area contributed by atoms with Crippen molar-refractivity contribution < 1.29 is 14.3 Å². The van der Waals surface area contributed by atoms with Gasteiger partial charge in [0.2, 0.25) is 0 Å². The summed E-state index contributed by atoms with van der Waals surface area (Å²) >= 11 is 0. The van der Waals surface area contributed by atoms with Gasteiger partial charge in [0, 0.05) is 13.1 Å². The van der Waals surface area contributed by atoms with Gasteiger partial charge in [0.05, 0.1) is 36.7 Å². The third-order valence-corrected chi connectivity index (χ3v) is 4.82. The lowest BCUT2D eigenvalue weighted by atomic mass is 10.00. The summed E-state index contributed by atoms with van der Waals surface area (Å²) in [4.78, 5) is 15.2. The molecular weight excluding hydrogens is 306 g/mol. The number of hydrogen-bond acceptors (Lipinski definition) is 4. The van der Waals surface area contributed by atoms with Crippen molar-refractivity contribution >= 4 is 5.91 Å². The van der Waals surface area contributed by atoms with Crippen molar-refractivity contribution in [3.05, 3.63) is 17.5 Å². The van der Waals surface area contributed by atoms with E-state index in [1.54, 1.807) is 6.20 Å². The summed E-state index contributed by atoms with van der Waals surface area (Å²) in [6.45, 7) is 9.27. The third-order valence-electron chi connectivity index (χ3n) is 4.82. The number of aromatic nitrogens is 2. The minimum atomic E-state index is -0.273. The van der Waals surface area contributed by atoms with E-state index in [4.69, 9.17) is 9.47 Å². The molecular formula is C18H29N3O3. The van der Waals surface area contributed by atoms with Crippen LogP contribution in [0.4, 0.5) is 0 Å². The first kappa shape index (κ1) is 17.4. The fourth-order valence-electron chi connectivity index (χ4n) is 3.71. The fraction of sp³-hybridized carbons (Fsp3) is 0.778. The number of carbonyl (C=O) groups excluding carboxylic acids is 1. The molecule has 24 heavy (non-hydrogen) atoms. The monoisotopic (exact) mass is 335 g/mol. The van der Waals surface area contributed by atoms with Gasteiger partial charge in [-0.2, -0.15) is 5.10 Å². The quantitative estimate of drug-likeness (QED) is 0.829. The first-order valence-electron chi connectivity index (χ1n) is 9.20.